The highest BCUT2D eigenvalue weighted by molar-refractivity contribution is 7.20. The van der Waals surface area contributed by atoms with Gasteiger partial charge in [-0.3, -0.25) is 10.9 Å². The Morgan fingerprint density at radius 2 is 1.66 bits per heavy atom. The summed E-state index contributed by atoms with van der Waals surface area (Å²) in [5.41, 5.74) is 17.9. The number of thiazole rings is 1. The van der Waals surface area contributed by atoms with Crippen molar-refractivity contribution in [2.45, 2.75) is 26.7 Å². The van der Waals surface area contributed by atoms with E-state index in [1.165, 1.54) is 29.2 Å². The lowest BCUT2D eigenvalue weighted by atomic mass is 10.2. The van der Waals surface area contributed by atoms with E-state index in [1.54, 1.807) is 23.6 Å². The first-order valence-corrected chi connectivity index (χ1v) is 14.3. The summed E-state index contributed by atoms with van der Waals surface area (Å²) in [6, 6.07) is 18.5. The zero-order valence-corrected chi connectivity index (χ0v) is 23.0. The van der Waals surface area contributed by atoms with Crippen LogP contribution in [0.3, 0.4) is 0 Å². The van der Waals surface area contributed by atoms with Crippen LogP contribution in [0.25, 0.3) is 0 Å². The second kappa shape index (κ2) is 12.1. The summed E-state index contributed by atoms with van der Waals surface area (Å²) >= 11 is 3.13. The molecule has 2 aromatic heterocycles. The maximum Gasteiger partial charge on any atom is 0.357 e. The smallest absolute Gasteiger partial charge is 0.357 e. The molecule has 38 heavy (non-hydrogen) atoms. The molecule has 1 aliphatic heterocycles. The predicted octanol–water partition coefficient (Wildman–Crippen LogP) is 6.91. The van der Waals surface area contributed by atoms with E-state index in [0.29, 0.717) is 17.4 Å². The van der Waals surface area contributed by atoms with Crippen molar-refractivity contribution < 1.29 is 9.53 Å². The Bertz CT molecular complexity index is 1360. The van der Waals surface area contributed by atoms with Crippen molar-refractivity contribution in [3.8, 4) is 0 Å². The van der Waals surface area contributed by atoms with Crippen molar-refractivity contribution in [3.05, 3.63) is 71.2 Å². The molecule has 0 aliphatic carbocycles. The summed E-state index contributed by atoms with van der Waals surface area (Å²) < 4.78 is 4.97. The van der Waals surface area contributed by atoms with Crippen LogP contribution in [0, 0.1) is 6.92 Å². The number of esters is 1. The third-order valence-electron chi connectivity index (χ3n) is 6.03. The Morgan fingerprint density at radius 1 is 0.947 bits per heavy atom. The first-order valence-electron chi connectivity index (χ1n) is 12.6. The molecule has 4 aromatic rings. The Kier molecular flexibility index (Phi) is 8.15. The summed E-state index contributed by atoms with van der Waals surface area (Å²) in [6.45, 7) is 6.50. The number of hydrogen-bond donors (Lipinski definition) is 5. The molecule has 0 spiro atoms. The molecule has 1 saturated heterocycles. The molecule has 198 valence electrons. The molecule has 2 aromatic carbocycles. The van der Waals surface area contributed by atoms with Gasteiger partial charge in [0.2, 0.25) is 5.13 Å². The van der Waals surface area contributed by atoms with Crippen LogP contribution in [0.1, 0.15) is 35.8 Å². The molecule has 0 saturated carbocycles. The lowest BCUT2D eigenvalue weighted by Gasteiger charge is -2.15. The average Bonchev–Trinajstić information content (AvgIpc) is 3.70. The van der Waals surface area contributed by atoms with Gasteiger partial charge in [0.25, 0.3) is 0 Å². The average molecular weight is 550 g/mol. The van der Waals surface area contributed by atoms with Crippen LogP contribution in [0.2, 0.25) is 0 Å². The van der Waals surface area contributed by atoms with Crippen molar-refractivity contribution in [1.82, 2.24) is 4.98 Å². The number of aryl methyl sites for hydroxylation is 1. The monoisotopic (exact) mass is 549 g/mol. The molecule has 0 radical (unpaired) electrons. The number of rotatable bonds is 11. The van der Waals surface area contributed by atoms with Gasteiger partial charge in [0.1, 0.15) is 0 Å². The second-order valence-corrected chi connectivity index (χ2v) is 10.7. The fraction of sp³-hybridized carbons (Fsp3) is 0.259. The zero-order chi connectivity index (χ0) is 26.3. The van der Waals surface area contributed by atoms with Gasteiger partial charge in [0.05, 0.1) is 33.7 Å². The van der Waals surface area contributed by atoms with Gasteiger partial charge in [0.15, 0.2) is 5.69 Å². The van der Waals surface area contributed by atoms with Crippen LogP contribution in [-0.4, -0.2) is 30.6 Å². The van der Waals surface area contributed by atoms with E-state index in [9.17, 15) is 4.79 Å². The largest absolute Gasteiger partial charge is 0.461 e. The molecule has 1 aliphatic rings. The number of thiophene rings is 1. The minimum atomic E-state index is -0.421. The van der Waals surface area contributed by atoms with Gasteiger partial charge >= 0.3 is 5.97 Å². The van der Waals surface area contributed by atoms with Gasteiger partial charge in [-0.15, -0.1) is 22.7 Å². The number of carbonyl (C=O) groups is 1. The summed E-state index contributed by atoms with van der Waals surface area (Å²) in [5, 5.41) is 8.28. The topological polar surface area (TPSA) is 103 Å². The van der Waals surface area contributed by atoms with Gasteiger partial charge in [0, 0.05) is 24.2 Å². The zero-order valence-electron chi connectivity index (χ0n) is 21.3. The lowest BCUT2D eigenvalue weighted by molar-refractivity contribution is 0.0520. The molecule has 1 fully saturated rings. The van der Waals surface area contributed by atoms with Gasteiger partial charge in [-0.05, 0) is 86.8 Å². The number of benzene rings is 2. The molecule has 0 amide bonds. The maximum absolute atomic E-state index is 11.7. The van der Waals surface area contributed by atoms with Crippen LogP contribution in [-0.2, 0) is 4.74 Å². The van der Waals surface area contributed by atoms with Gasteiger partial charge in [-0.25, -0.2) is 9.78 Å². The molecule has 5 N–H and O–H groups in total. The molecular weight excluding hydrogens is 518 g/mol. The number of ether oxygens (including phenoxy) is 1. The van der Waals surface area contributed by atoms with Crippen molar-refractivity contribution >= 4 is 66.5 Å². The van der Waals surface area contributed by atoms with Crippen molar-refractivity contribution in [2.75, 3.05) is 51.6 Å². The Labute approximate surface area is 230 Å². The van der Waals surface area contributed by atoms with Crippen LogP contribution >= 0.6 is 22.7 Å². The van der Waals surface area contributed by atoms with Crippen LogP contribution in [0.5, 0.6) is 0 Å². The summed E-state index contributed by atoms with van der Waals surface area (Å²) in [5.74, 6) is -0.421. The summed E-state index contributed by atoms with van der Waals surface area (Å²) in [7, 11) is 0. The minimum absolute atomic E-state index is 0.295. The fourth-order valence-electron chi connectivity index (χ4n) is 4.06. The molecule has 11 heteroatoms. The van der Waals surface area contributed by atoms with E-state index >= 15 is 0 Å². The molecule has 0 unspecified atom stereocenters. The lowest BCUT2D eigenvalue weighted by Crippen LogP contribution is -2.15. The number of hydrazine groups is 2. The third kappa shape index (κ3) is 6.48. The van der Waals surface area contributed by atoms with E-state index < -0.39 is 5.97 Å². The SMILES string of the molecule is CCOC(=O)c1csc(NNc2ccc(NNc3ccc(Nc4ccc(N5CCCC5)s4)cc3C)cc2)n1. The Hall–Kier alpha value is -3.96. The molecule has 0 atom stereocenters. The van der Waals surface area contributed by atoms with E-state index in [4.69, 9.17) is 4.74 Å². The highest BCUT2D eigenvalue weighted by Crippen LogP contribution is 2.34. The fourth-order valence-corrected chi connectivity index (χ4v) is 5.67. The van der Waals surface area contributed by atoms with Gasteiger partial charge < -0.3 is 25.8 Å². The second-order valence-electron chi connectivity index (χ2n) is 8.82. The maximum atomic E-state index is 11.7. The standard InChI is InChI=1S/C27H31N7O2S2/c1-3-36-26(35)23-17-37-27(29-23)33-31-20-8-6-19(7-9-20)30-32-22-11-10-21(16-18(22)2)28-24-12-13-25(38-24)34-14-4-5-15-34/h6-13,16-17,28,30-32H,3-5,14-15H2,1-2H3,(H,29,33). The molecule has 3 heterocycles. The molecule has 5 rings (SSSR count). The summed E-state index contributed by atoms with van der Waals surface area (Å²) in [6.07, 6.45) is 2.57. The third-order valence-corrected chi connectivity index (χ3v) is 7.85. The number of hydrogen-bond acceptors (Lipinski definition) is 11. The van der Waals surface area contributed by atoms with Crippen molar-refractivity contribution in [3.63, 3.8) is 0 Å². The molecule has 9 nitrogen and oxygen atoms in total. The van der Waals surface area contributed by atoms with Crippen molar-refractivity contribution in [2.24, 2.45) is 0 Å². The number of carbonyl (C=O) groups excluding carboxylic acids is 1. The van der Waals surface area contributed by atoms with Crippen molar-refractivity contribution in [1.29, 1.82) is 0 Å². The minimum Gasteiger partial charge on any atom is -0.461 e. The van der Waals surface area contributed by atoms with E-state index in [-0.39, 0.29) is 0 Å². The van der Waals surface area contributed by atoms with Gasteiger partial charge in [-0.1, -0.05) is 0 Å². The normalized spacial score (nSPS) is 12.7. The first kappa shape index (κ1) is 25.7. The number of anilines is 7. The predicted molar refractivity (Wildman–Crippen MR) is 159 cm³/mol. The van der Waals surface area contributed by atoms with Crippen LogP contribution < -0.4 is 31.9 Å². The molecular formula is C27H31N7O2S2. The number of nitrogens with zero attached hydrogens (tertiary/aromatic N) is 2. The molecule has 0 bridgehead atoms. The van der Waals surface area contributed by atoms with E-state index in [2.05, 4.69) is 74.2 Å². The highest BCUT2D eigenvalue weighted by Gasteiger charge is 2.14. The van der Waals surface area contributed by atoms with Crippen LogP contribution in [0.4, 0.5) is 37.9 Å². The van der Waals surface area contributed by atoms with Gasteiger partial charge in [-0.2, -0.15) is 0 Å². The van der Waals surface area contributed by atoms with E-state index in [1.807, 2.05) is 24.3 Å². The Morgan fingerprint density at radius 3 is 2.37 bits per heavy atom. The summed E-state index contributed by atoms with van der Waals surface area (Å²) in [4.78, 5) is 18.4. The Balaban J connectivity index is 1.10. The number of nitrogens with one attached hydrogen (secondary N) is 5. The quantitative estimate of drug-likeness (QED) is 0.101. The first-order chi connectivity index (χ1) is 18.6. The van der Waals surface area contributed by atoms with Crippen LogP contribution in [0.15, 0.2) is 60.0 Å². The van der Waals surface area contributed by atoms with E-state index in [0.717, 1.165) is 46.4 Å². The highest BCUT2D eigenvalue weighted by atomic mass is 32.1. The number of aromatic nitrogens is 1.